The second-order valence-electron chi connectivity index (χ2n) is 7.64. The Kier molecular flexibility index (Phi) is 5.07. The molecule has 1 spiro atoms. The number of rotatable bonds is 3. The van der Waals surface area contributed by atoms with Gasteiger partial charge in [0, 0.05) is 25.9 Å². The number of carbonyl (C=O) groups is 2. The number of benzene rings is 2. The van der Waals surface area contributed by atoms with Gasteiger partial charge in [-0.15, -0.1) is 0 Å². The fourth-order valence-electron chi connectivity index (χ4n) is 4.15. The highest BCUT2D eigenvalue weighted by molar-refractivity contribution is 5.90. The Bertz CT molecular complexity index is 869. The number of carbonyl (C=O) groups excluding carboxylic acids is 2. The average molecular weight is 379 g/mol. The maximum atomic E-state index is 12.6. The highest BCUT2D eigenvalue weighted by Crippen LogP contribution is 2.39. The number of nitrogens with zero attached hydrogens (tertiary/aromatic N) is 1. The molecule has 28 heavy (non-hydrogen) atoms. The first-order valence-electron chi connectivity index (χ1n) is 9.80. The molecule has 2 aliphatic heterocycles. The van der Waals surface area contributed by atoms with Gasteiger partial charge in [0.2, 0.25) is 5.91 Å². The maximum absolute atomic E-state index is 12.6. The molecule has 1 fully saturated rings. The van der Waals surface area contributed by atoms with Crippen molar-refractivity contribution in [3.8, 4) is 5.75 Å². The first-order valence-corrected chi connectivity index (χ1v) is 9.80. The highest BCUT2D eigenvalue weighted by atomic mass is 16.5. The van der Waals surface area contributed by atoms with Crippen LogP contribution in [-0.4, -0.2) is 42.6 Å². The number of amides is 1. The summed E-state index contributed by atoms with van der Waals surface area (Å²) in [6.45, 7) is 1.41. The summed E-state index contributed by atoms with van der Waals surface area (Å²) in [5.41, 5.74) is 2.44. The average Bonchev–Trinajstić information content (AvgIpc) is 2.74. The van der Waals surface area contributed by atoms with Crippen LogP contribution >= 0.6 is 0 Å². The number of esters is 1. The van der Waals surface area contributed by atoms with Gasteiger partial charge in [0.25, 0.3) is 0 Å². The number of methoxy groups -OCH3 is 1. The van der Waals surface area contributed by atoms with E-state index in [9.17, 15) is 9.59 Å². The van der Waals surface area contributed by atoms with Crippen molar-refractivity contribution < 1.29 is 19.1 Å². The molecule has 2 aromatic rings. The number of hydrogen-bond donors (Lipinski definition) is 0. The molecule has 146 valence electrons. The molecule has 0 radical (unpaired) electrons. The normalized spacial score (nSPS) is 17.5. The Morgan fingerprint density at radius 3 is 2.54 bits per heavy atom. The van der Waals surface area contributed by atoms with Gasteiger partial charge in [0.05, 0.1) is 19.1 Å². The third-order valence-electron chi connectivity index (χ3n) is 5.89. The number of fused-ring (bicyclic) bond motifs is 1. The van der Waals surface area contributed by atoms with E-state index in [1.807, 2.05) is 41.3 Å². The lowest BCUT2D eigenvalue weighted by Gasteiger charge is -2.44. The standard InChI is InChI=1S/C23H25NO4/c1-27-22(26)19-8-7-18-9-10-23(28-20(18)16-19)11-13-24(14-12-23)21(25)15-17-5-3-2-4-6-17/h2-8,16H,9-15H2,1H3. The predicted molar refractivity (Wildman–Crippen MR) is 105 cm³/mol. The lowest BCUT2D eigenvalue weighted by Crippen LogP contribution is -2.51. The third-order valence-corrected chi connectivity index (χ3v) is 5.89. The van der Waals surface area contributed by atoms with Crippen LogP contribution in [0.4, 0.5) is 0 Å². The Morgan fingerprint density at radius 1 is 1.07 bits per heavy atom. The summed E-state index contributed by atoms with van der Waals surface area (Å²) in [4.78, 5) is 26.4. The van der Waals surface area contributed by atoms with Crippen molar-refractivity contribution in [3.63, 3.8) is 0 Å². The number of hydrogen-bond acceptors (Lipinski definition) is 4. The SMILES string of the molecule is COC(=O)c1ccc2c(c1)OC1(CC2)CCN(C(=O)Cc2ccccc2)CC1. The van der Waals surface area contributed by atoms with Gasteiger partial charge >= 0.3 is 5.97 Å². The molecule has 2 heterocycles. The van der Waals surface area contributed by atoms with Crippen molar-refractivity contribution in [2.24, 2.45) is 0 Å². The van der Waals surface area contributed by atoms with E-state index in [0.29, 0.717) is 25.1 Å². The van der Waals surface area contributed by atoms with Crippen molar-refractivity contribution in [2.75, 3.05) is 20.2 Å². The van der Waals surface area contributed by atoms with Crippen LogP contribution in [-0.2, 0) is 22.4 Å². The van der Waals surface area contributed by atoms with Gasteiger partial charge in [-0.1, -0.05) is 36.4 Å². The van der Waals surface area contributed by atoms with E-state index in [1.54, 1.807) is 12.1 Å². The van der Waals surface area contributed by atoms with Crippen molar-refractivity contribution >= 4 is 11.9 Å². The Balaban J connectivity index is 1.40. The number of ether oxygens (including phenoxy) is 2. The van der Waals surface area contributed by atoms with Gasteiger partial charge < -0.3 is 14.4 Å². The van der Waals surface area contributed by atoms with E-state index in [-0.39, 0.29) is 17.5 Å². The largest absolute Gasteiger partial charge is 0.487 e. The van der Waals surface area contributed by atoms with E-state index in [1.165, 1.54) is 7.11 Å². The lowest BCUT2D eigenvalue weighted by molar-refractivity contribution is -0.134. The zero-order valence-electron chi connectivity index (χ0n) is 16.1. The van der Waals surface area contributed by atoms with Crippen LogP contribution in [0.3, 0.4) is 0 Å². The summed E-state index contributed by atoms with van der Waals surface area (Å²) >= 11 is 0. The summed E-state index contributed by atoms with van der Waals surface area (Å²) < 4.78 is 11.2. The van der Waals surface area contributed by atoms with E-state index < -0.39 is 0 Å². The predicted octanol–water partition coefficient (Wildman–Crippen LogP) is 3.40. The van der Waals surface area contributed by atoms with Crippen LogP contribution < -0.4 is 4.74 Å². The second kappa shape index (κ2) is 7.66. The molecule has 2 aromatic carbocycles. The molecule has 0 aromatic heterocycles. The fourth-order valence-corrected chi connectivity index (χ4v) is 4.15. The molecular formula is C23H25NO4. The fraction of sp³-hybridized carbons (Fsp3) is 0.391. The van der Waals surface area contributed by atoms with Crippen LogP contribution in [0.1, 0.15) is 40.7 Å². The van der Waals surface area contributed by atoms with Gasteiger partial charge in [-0.05, 0) is 36.1 Å². The van der Waals surface area contributed by atoms with E-state index in [0.717, 1.165) is 42.6 Å². The highest BCUT2D eigenvalue weighted by Gasteiger charge is 2.40. The summed E-state index contributed by atoms with van der Waals surface area (Å²) in [6, 6.07) is 15.4. The lowest BCUT2D eigenvalue weighted by atomic mass is 9.83. The van der Waals surface area contributed by atoms with Gasteiger partial charge in [-0.2, -0.15) is 0 Å². The van der Waals surface area contributed by atoms with Crippen LogP contribution in [0, 0.1) is 0 Å². The van der Waals surface area contributed by atoms with Crippen molar-refractivity contribution in [2.45, 2.75) is 37.7 Å². The van der Waals surface area contributed by atoms with E-state index >= 15 is 0 Å². The summed E-state index contributed by atoms with van der Waals surface area (Å²) in [6.07, 6.45) is 3.94. The molecule has 0 unspecified atom stereocenters. The zero-order valence-corrected chi connectivity index (χ0v) is 16.1. The van der Waals surface area contributed by atoms with Crippen LogP contribution in [0.15, 0.2) is 48.5 Å². The van der Waals surface area contributed by atoms with Gasteiger partial charge in [0.1, 0.15) is 11.4 Å². The molecular weight excluding hydrogens is 354 g/mol. The smallest absolute Gasteiger partial charge is 0.337 e. The topological polar surface area (TPSA) is 55.8 Å². The molecule has 0 atom stereocenters. The van der Waals surface area contributed by atoms with E-state index in [2.05, 4.69) is 0 Å². The number of likely N-dealkylation sites (tertiary alicyclic amines) is 1. The molecule has 0 saturated carbocycles. The minimum atomic E-state index is -0.354. The molecule has 5 heteroatoms. The monoisotopic (exact) mass is 379 g/mol. The first kappa shape index (κ1) is 18.5. The summed E-state index contributed by atoms with van der Waals surface area (Å²) in [5.74, 6) is 0.593. The molecule has 4 rings (SSSR count). The van der Waals surface area contributed by atoms with Gasteiger partial charge in [-0.25, -0.2) is 4.79 Å². The Labute approximate surface area is 165 Å². The second-order valence-corrected chi connectivity index (χ2v) is 7.64. The molecule has 2 aliphatic rings. The third kappa shape index (κ3) is 3.75. The summed E-state index contributed by atoms with van der Waals surface area (Å²) in [7, 11) is 1.38. The molecule has 0 bridgehead atoms. The van der Waals surface area contributed by atoms with Crippen LogP contribution in [0.25, 0.3) is 0 Å². The van der Waals surface area contributed by atoms with Crippen molar-refractivity contribution in [1.82, 2.24) is 4.90 Å². The number of piperidine rings is 1. The molecule has 0 N–H and O–H groups in total. The zero-order chi connectivity index (χ0) is 19.6. The van der Waals surface area contributed by atoms with Crippen molar-refractivity contribution in [1.29, 1.82) is 0 Å². The Hall–Kier alpha value is -2.82. The first-order chi connectivity index (χ1) is 13.6. The van der Waals surface area contributed by atoms with Gasteiger partial charge in [-0.3, -0.25) is 4.79 Å². The molecule has 5 nitrogen and oxygen atoms in total. The minimum Gasteiger partial charge on any atom is -0.487 e. The summed E-state index contributed by atoms with van der Waals surface area (Å²) in [5, 5.41) is 0. The molecule has 1 saturated heterocycles. The van der Waals surface area contributed by atoms with Gasteiger partial charge in [0.15, 0.2) is 0 Å². The molecule has 1 amide bonds. The van der Waals surface area contributed by atoms with Crippen molar-refractivity contribution in [3.05, 3.63) is 65.2 Å². The molecule has 0 aliphatic carbocycles. The minimum absolute atomic E-state index is 0.172. The maximum Gasteiger partial charge on any atom is 0.337 e. The van der Waals surface area contributed by atoms with Crippen LogP contribution in [0.5, 0.6) is 5.75 Å². The Morgan fingerprint density at radius 2 is 1.82 bits per heavy atom. The number of aryl methyl sites for hydroxylation is 1. The van der Waals surface area contributed by atoms with Crippen LogP contribution in [0.2, 0.25) is 0 Å². The quantitative estimate of drug-likeness (QED) is 0.767. The van der Waals surface area contributed by atoms with E-state index in [4.69, 9.17) is 9.47 Å².